The molecule has 0 saturated heterocycles. The largest absolute Gasteiger partial charge is 0.368 e. The van der Waals surface area contributed by atoms with Crippen molar-refractivity contribution in [3.05, 3.63) is 11.8 Å². The van der Waals surface area contributed by atoms with E-state index >= 15 is 0 Å². The van der Waals surface area contributed by atoms with Crippen LogP contribution >= 0.6 is 0 Å². The van der Waals surface area contributed by atoms with E-state index in [1.54, 1.807) is 0 Å². The molecule has 0 spiro atoms. The molecule has 0 aromatic carbocycles. The second kappa shape index (κ2) is 2.01. The average molecular weight is 137 g/mol. The van der Waals surface area contributed by atoms with Gasteiger partial charge in [0.15, 0.2) is 5.82 Å². The third-order valence-electron chi connectivity index (χ3n) is 1.82. The van der Waals surface area contributed by atoms with Gasteiger partial charge in [0.05, 0.1) is 0 Å². The van der Waals surface area contributed by atoms with Crippen LogP contribution in [0.2, 0.25) is 0 Å². The molecule has 1 aromatic rings. The third kappa shape index (κ3) is 0.781. The molecule has 1 aromatic heterocycles. The summed E-state index contributed by atoms with van der Waals surface area (Å²) in [6.45, 7) is 1.07. The molecule has 54 valence electrons. The van der Waals surface area contributed by atoms with Crippen LogP contribution in [0.5, 0.6) is 0 Å². The zero-order valence-corrected chi connectivity index (χ0v) is 6.09. The Hall–Kier alpha value is -0.990. The highest BCUT2D eigenvalue weighted by Gasteiger charge is 2.10. The van der Waals surface area contributed by atoms with Crippen LogP contribution in [0.15, 0.2) is 6.20 Å². The molecule has 0 bridgehead atoms. The van der Waals surface area contributed by atoms with Crippen LogP contribution in [0.1, 0.15) is 12.0 Å². The van der Waals surface area contributed by atoms with E-state index in [2.05, 4.69) is 16.6 Å². The molecule has 0 saturated carbocycles. The van der Waals surface area contributed by atoms with Gasteiger partial charge in [-0.05, 0) is 12.8 Å². The summed E-state index contributed by atoms with van der Waals surface area (Å²) < 4.78 is 1.86. The first-order valence-corrected chi connectivity index (χ1v) is 3.62. The molecular formula is C7H11N3. The number of anilines is 1. The predicted octanol–water partition coefficient (Wildman–Crippen LogP) is 0.778. The third-order valence-corrected chi connectivity index (χ3v) is 1.82. The fourth-order valence-electron chi connectivity index (χ4n) is 1.35. The maximum absolute atomic E-state index is 4.26. The molecule has 0 aliphatic carbocycles. The fourth-order valence-corrected chi connectivity index (χ4v) is 1.35. The number of aryl methyl sites for hydroxylation is 2. The molecule has 0 radical (unpaired) electrons. The summed E-state index contributed by atoms with van der Waals surface area (Å²) in [5.41, 5.74) is 1.36. The van der Waals surface area contributed by atoms with Crippen LogP contribution in [-0.2, 0) is 13.5 Å². The van der Waals surface area contributed by atoms with Crippen molar-refractivity contribution in [2.75, 3.05) is 11.9 Å². The standard InChI is InChI=1S/C7H11N3/c1-10-5-6-3-2-4-8-7(6)9-10/h5H,2-4H2,1H3,(H,8,9). The van der Waals surface area contributed by atoms with Crippen LogP contribution in [0.3, 0.4) is 0 Å². The highest BCUT2D eigenvalue weighted by Crippen LogP contribution is 2.18. The molecule has 1 aliphatic rings. The van der Waals surface area contributed by atoms with Gasteiger partial charge in [-0.1, -0.05) is 0 Å². The first kappa shape index (κ1) is 5.77. The number of fused-ring (bicyclic) bond motifs is 1. The summed E-state index contributed by atoms with van der Waals surface area (Å²) in [6, 6.07) is 0. The van der Waals surface area contributed by atoms with Gasteiger partial charge >= 0.3 is 0 Å². The van der Waals surface area contributed by atoms with Gasteiger partial charge in [-0.3, -0.25) is 4.68 Å². The summed E-state index contributed by atoms with van der Waals surface area (Å²) in [5.74, 6) is 1.08. The van der Waals surface area contributed by atoms with Crippen LogP contribution in [0, 0.1) is 0 Å². The molecule has 10 heavy (non-hydrogen) atoms. The SMILES string of the molecule is Cn1cc2c(n1)NCCC2. The lowest BCUT2D eigenvalue weighted by Gasteiger charge is -2.10. The summed E-state index contributed by atoms with van der Waals surface area (Å²) in [7, 11) is 1.96. The number of nitrogens with one attached hydrogen (secondary N) is 1. The van der Waals surface area contributed by atoms with Gasteiger partial charge in [0.25, 0.3) is 0 Å². The number of hydrogen-bond donors (Lipinski definition) is 1. The van der Waals surface area contributed by atoms with E-state index in [9.17, 15) is 0 Å². The van der Waals surface area contributed by atoms with Crippen molar-refractivity contribution < 1.29 is 0 Å². The van der Waals surface area contributed by atoms with Crippen LogP contribution in [-0.4, -0.2) is 16.3 Å². The first-order valence-electron chi connectivity index (χ1n) is 3.62. The van der Waals surface area contributed by atoms with Crippen LogP contribution in [0.4, 0.5) is 5.82 Å². The summed E-state index contributed by atoms with van der Waals surface area (Å²) in [6.07, 6.45) is 4.50. The topological polar surface area (TPSA) is 29.9 Å². The number of aromatic nitrogens is 2. The minimum absolute atomic E-state index is 1.07. The van der Waals surface area contributed by atoms with Gasteiger partial charge in [-0.25, -0.2) is 0 Å². The Bertz CT molecular complexity index is 215. The van der Waals surface area contributed by atoms with Crippen LogP contribution < -0.4 is 5.32 Å². The monoisotopic (exact) mass is 137 g/mol. The fraction of sp³-hybridized carbons (Fsp3) is 0.571. The Morgan fingerprint density at radius 3 is 3.40 bits per heavy atom. The van der Waals surface area contributed by atoms with E-state index in [0.717, 1.165) is 12.4 Å². The van der Waals surface area contributed by atoms with Gasteiger partial charge in [-0.15, -0.1) is 0 Å². The molecule has 2 heterocycles. The Kier molecular flexibility index (Phi) is 1.16. The maximum atomic E-state index is 4.26. The maximum Gasteiger partial charge on any atom is 0.151 e. The lowest BCUT2D eigenvalue weighted by atomic mass is 10.1. The zero-order valence-electron chi connectivity index (χ0n) is 6.09. The van der Waals surface area contributed by atoms with Gasteiger partial charge in [0.1, 0.15) is 0 Å². The van der Waals surface area contributed by atoms with Gasteiger partial charge in [-0.2, -0.15) is 5.10 Å². The predicted molar refractivity (Wildman–Crippen MR) is 40.0 cm³/mol. The van der Waals surface area contributed by atoms with E-state index in [0.29, 0.717) is 0 Å². The lowest BCUT2D eigenvalue weighted by molar-refractivity contribution is 0.768. The lowest BCUT2D eigenvalue weighted by Crippen LogP contribution is -2.10. The second-order valence-electron chi connectivity index (χ2n) is 2.71. The molecule has 3 heteroatoms. The Morgan fingerprint density at radius 2 is 2.60 bits per heavy atom. The molecule has 2 rings (SSSR count). The summed E-state index contributed by atoms with van der Waals surface area (Å²) in [4.78, 5) is 0. The van der Waals surface area contributed by atoms with Crippen molar-refractivity contribution in [1.29, 1.82) is 0 Å². The molecule has 0 amide bonds. The zero-order chi connectivity index (χ0) is 6.97. The Balaban J connectivity index is 2.41. The molecule has 3 nitrogen and oxygen atoms in total. The second-order valence-corrected chi connectivity index (χ2v) is 2.71. The van der Waals surface area contributed by atoms with Crippen LogP contribution in [0.25, 0.3) is 0 Å². The van der Waals surface area contributed by atoms with E-state index in [4.69, 9.17) is 0 Å². The first-order chi connectivity index (χ1) is 4.86. The van der Waals surface area contributed by atoms with Crippen molar-refractivity contribution in [2.45, 2.75) is 12.8 Å². The molecule has 0 atom stereocenters. The highest BCUT2D eigenvalue weighted by atomic mass is 15.3. The average Bonchev–Trinajstić information content (AvgIpc) is 2.27. The summed E-state index contributed by atoms with van der Waals surface area (Å²) >= 11 is 0. The minimum atomic E-state index is 1.07. The van der Waals surface area contributed by atoms with Gasteiger partial charge < -0.3 is 5.32 Å². The Morgan fingerprint density at radius 1 is 1.70 bits per heavy atom. The summed E-state index contributed by atoms with van der Waals surface area (Å²) in [5, 5.41) is 7.51. The van der Waals surface area contributed by atoms with Crippen molar-refractivity contribution in [3.63, 3.8) is 0 Å². The molecular weight excluding hydrogens is 126 g/mol. The smallest absolute Gasteiger partial charge is 0.151 e. The van der Waals surface area contributed by atoms with Crippen molar-refractivity contribution in [3.8, 4) is 0 Å². The van der Waals surface area contributed by atoms with E-state index in [1.807, 2.05) is 11.7 Å². The highest BCUT2D eigenvalue weighted by molar-refractivity contribution is 5.44. The molecule has 0 fully saturated rings. The molecule has 1 N–H and O–H groups in total. The number of hydrogen-bond acceptors (Lipinski definition) is 2. The van der Waals surface area contributed by atoms with Crippen molar-refractivity contribution in [1.82, 2.24) is 9.78 Å². The van der Waals surface area contributed by atoms with Gasteiger partial charge in [0.2, 0.25) is 0 Å². The number of rotatable bonds is 0. The van der Waals surface area contributed by atoms with Crippen molar-refractivity contribution >= 4 is 5.82 Å². The van der Waals surface area contributed by atoms with Gasteiger partial charge in [0, 0.05) is 25.4 Å². The van der Waals surface area contributed by atoms with E-state index in [-0.39, 0.29) is 0 Å². The Labute approximate surface area is 60.0 Å². The molecule has 1 aliphatic heterocycles. The number of nitrogens with zero attached hydrogens (tertiary/aromatic N) is 2. The molecule has 0 unspecified atom stereocenters. The quantitative estimate of drug-likeness (QED) is 0.572. The minimum Gasteiger partial charge on any atom is -0.368 e. The van der Waals surface area contributed by atoms with Crippen molar-refractivity contribution in [2.24, 2.45) is 7.05 Å². The van der Waals surface area contributed by atoms with E-state index in [1.165, 1.54) is 18.4 Å². The van der Waals surface area contributed by atoms with E-state index < -0.39 is 0 Å². The normalized spacial score (nSPS) is 16.1.